The molecule has 1 saturated carbocycles. The quantitative estimate of drug-likeness (QED) is 0.591. The van der Waals surface area contributed by atoms with E-state index in [4.69, 9.17) is 4.74 Å². The molecule has 2 aromatic rings. The molecule has 0 saturated heterocycles. The van der Waals surface area contributed by atoms with Gasteiger partial charge in [-0.15, -0.1) is 0 Å². The second kappa shape index (κ2) is 7.01. The largest absolute Gasteiger partial charge is 0.460 e. The molecule has 0 radical (unpaired) electrons. The van der Waals surface area contributed by atoms with Crippen molar-refractivity contribution in [2.45, 2.75) is 19.3 Å². The monoisotopic (exact) mass is 338 g/mol. The van der Waals surface area contributed by atoms with Gasteiger partial charge in [-0.05, 0) is 41.7 Å². The lowest BCUT2D eigenvalue weighted by Crippen LogP contribution is -2.50. The number of benzene rings is 2. The molecule has 3 nitrogen and oxygen atoms in total. The maximum absolute atomic E-state index is 13.0. The Hall–Kier alpha value is -2.75. The number of ether oxygens (including phenoxy) is 1. The number of Topliss-reactive ketones (excluding diaryl/α,β-unsaturated/α-hetero) is 1. The minimum Gasteiger partial charge on any atom is -0.460 e. The summed E-state index contributed by atoms with van der Waals surface area (Å²) in [6.07, 6.45) is 1.26. The highest BCUT2D eigenvalue weighted by Crippen LogP contribution is 2.41. The van der Waals surface area contributed by atoms with Crippen molar-refractivity contribution in [2.75, 3.05) is 6.61 Å². The molecule has 0 spiro atoms. The third kappa shape index (κ3) is 3.53. The minimum atomic E-state index is -1.08. The first kappa shape index (κ1) is 17.1. The maximum atomic E-state index is 13.0. The zero-order valence-corrected chi connectivity index (χ0v) is 13.8. The van der Waals surface area contributed by atoms with Crippen molar-refractivity contribution in [2.24, 2.45) is 5.41 Å². The number of ketones is 1. The number of carbonyl (C=O) groups is 2. The summed E-state index contributed by atoms with van der Waals surface area (Å²) in [7, 11) is 0. The highest BCUT2D eigenvalue weighted by atomic mass is 19.1. The zero-order chi connectivity index (χ0) is 17.9. The van der Waals surface area contributed by atoms with E-state index in [1.165, 1.54) is 12.1 Å². The average molecular weight is 338 g/mol. The number of esters is 1. The third-order valence-corrected chi connectivity index (χ3v) is 4.68. The van der Waals surface area contributed by atoms with Crippen LogP contribution in [0.15, 0.2) is 61.2 Å². The van der Waals surface area contributed by atoms with Gasteiger partial charge in [-0.2, -0.15) is 0 Å². The molecule has 128 valence electrons. The van der Waals surface area contributed by atoms with E-state index in [2.05, 4.69) is 6.58 Å². The molecule has 2 aromatic carbocycles. The Kier molecular flexibility index (Phi) is 4.79. The molecule has 1 fully saturated rings. The Morgan fingerprint density at radius 1 is 1.12 bits per heavy atom. The van der Waals surface area contributed by atoms with Gasteiger partial charge in [0.25, 0.3) is 0 Å². The van der Waals surface area contributed by atoms with Crippen molar-refractivity contribution in [1.29, 1.82) is 0 Å². The summed E-state index contributed by atoms with van der Waals surface area (Å²) in [5, 5.41) is 0. The molecule has 0 aliphatic heterocycles. The summed E-state index contributed by atoms with van der Waals surface area (Å²) in [4.78, 5) is 24.8. The fraction of sp³-hybridized carbons (Fsp3) is 0.238. The molecule has 0 aromatic heterocycles. The summed E-state index contributed by atoms with van der Waals surface area (Å²) in [6, 6.07) is 15.3. The SMILES string of the molecule is C=C(COC(=O)C1(Cc2ccccc2)CCC1=O)c1ccc(F)cc1. The molecule has 1 atom stereocenters. The van der Waals surface area contributed by atoms with Gasteiger partial charge in [-0.1, -0.05) is 49.0 Å². The second-order valence-corrected chi connectivity index (χ2v) is 6.35. The number of hydrogen-bond donors (Lipinski definition) is 0. The normalized spacial score (nSPS) is 19.2. The average Bonchev–Trinajstić information content (AvgIpc) is 2.64. The van der Waals surface area contributed by atoms with Crippen LogP contribution in [0.1, 0.15) is 24.0 Å². The Morgan fingerprint density at radius 3 is 2.36 bits per heavy atom. The predicted molar refractivity (Wildman–Crippen MR) is 93.2 cm³/mol. The van der Waals surface area contributed by atoms with Crippen LogP contribution >= 0.6 is 0 Å². The van der Waals surface area contributed by atoms with Crippen molar-refractivity contribution < 1.29 is 18.7 Å². The van der Waals surface area contributed by atoms with E-state index in [0.29, 0.717) is 30.4 Å². The van der Waals surface area contributed by atoms with Crippen LogP contribution in [0.2, 0.25) is 0 Å². The fourth-order valence-corrected chi connectivity index (χ4v) is 3.01. The van der Waals surface area contributed by atoms with E-state index in [9.17, 15) is 14.0 Å². The summed E-state index contributed by atoms with van der Waals surface area (Å²) in [6.45, 7) is 3.85. The molecule has 3 rings (SSSR count). The van der Waals surface area contributed by atoms with Gasteiger partial charge in [0, 0.05) is 6.42 Å². The lowest BCUT2D eigenvalue weighted by molar-refractivity contribution is -0.166. The van der Waals surface area contributed by atoms with E-state index < -0.39 is 11.4 Å². The fourth-order valence-electron chi connectivity index (χ4n) is 3.01. The Balaban J connectivity index is 1.66. The van der Waals surface area contributed by atoms with Crippen LogP contribution in [-0.2, 0) is 20.7 Å². The molecule has 25 heavy (non-hydrogen) atoms. The summed E-state index contributed by atoms with van der Waals surface area (Å²) >= 11 is 0. The number of carbonyl (C=O) groups excluding carboxylic acids is 2. The van der Waals surface area contributed by atoms with Gasteiger partial charge >= 0.3 is 5.97 Å². The van der Waals surface area contributed by atoms with Crippen molar-refractivity contribution in [1.82, 2.24) is 0 Å². The van der Waals surface area contributed by atoms with Gasteiger partial charge in [-0.25, -0.2) is 4.39 Å². The molecule has 1 aliphatic rings. The summed E-state index contributed by atoms with van der Waals surface area (Å²) in [5.74, 6) is -0.917. The molecular formula is C21H19FO3. The van der Waals surface area contributed by atoms with E-state index in [-0.39, 0.29) is 18.2 Å². The van der Waals surface area contributed by atoms with Crippen LogP contribution in [0, 0.1) is 11.2 Å². The lowest BCUT2D eigenvalue weighted by atomic mass is 9.64. The lowest BCUT2D eigenvalue weighted by Gasteiger charge is -2.37. The molecular weight excluding hydrogens is 319 g/mol. The van der Waals surface area contributed by atoms with E-state index in [1.807, 2.05) is 30.3 Å². The van der Waals surface area contributed by atoms with Gasteiger partial charge in [0.2, 0.25) is 0 Å². The van der Waals surface area contributed by atoms with Gasteiger partial charge in [0.15, 0.2) is 5.78 Å². The highest BCUT2D eigenvalue weighted by molar-refractivity contribution is 6.08. The van der Waals surface area contributed by atoms with Crippen molar-refractivity contribution in [3.63, 3.8) is 0 Å². The molecule has 0 heterocycles. The highest BCUT2D eigenvalue weighted by Gasteiger charge is 2.53. The summed E-state index contributed by atoms with van der Waals surface area (Å²) in [5.41, 5.74) is 1.12. The van der Waals surface area contributed by atoms with Crippen molar-refractivity contribution in [3.8, 4) is 0 Å². The Morgan fingerprint density at radius 2 is 1.80 bits per heavy atom. The first-order chi connectivity index (χ1) is 12.0. The van der Waals surface area contributed by atoms with Crippen molar-refractivity contribution in [3.05, 3.63) is 78.1 Å². The number of rotatable bonds is 6. The van der Waals surface area contributed by atoms with Gasteiger partial charge in [0.1, 0.15) is 17.8 Å². The molecule has 1 aliphatic carbocycles. The van der Waals surface area contributed by atoms with Crippen LogP contribution in [0.3, 0.4) is 0 Å². The first-order valence-corrected chi connectivity index (χ1v) is 8.19. The zero-order valence-electron chi connectivity index (χ0n) is 13.8. The van der Waals surface area contributed by atoms with E-state index in [1.54, 1.807) is 12.1 Å². The Labute approximate surface area is 146 Å². The molecule has 1 unspecified atom stereocenters. The van der Waals surface area contributed by atoms with E-state index >= 15 is 0 Å². The molecule has 0 bridgehead atoms. The maximum Gasteiger partial charge on any atom is 0.320 e. The van der Waals surface area contributed by atoms with Gasteiger partial charge in [-0.3, -0.25) is 9.59 Å². The van der Waals surface area contributed by atoms with Gasteiger partial charge in [0.05, 0.1) is 0 Å². The molecule has 0 amide bonds. The van der Waals surface area contributed by atoms with Crippen LogP contribution in [0.5, 0.6) is 0 Å². The number of hydrogen-bond acceptors (Lipinski definition) is 3. The van der Waals surface area contributed by atoms with Crippen LogP contribution in [-0.4, -0.2) is 18.4 Å². The number of halogens is 1. The van der Waals surface area contributed by atoms with Crippen LogP contribution < -0.4 is 0 Å². The smallest absolute Gasteiger partial charge is 0.320 e. The van der Waals surface area contributed by atoms with Crippen LogP contribution in [0.25, 0.3) is 5.57 Å². The summed E-state index contributed by atoms with van der Waals surface area (Å²) < 4.78 is 18.4. The topological polar surface area (TPSA) is 43.4 Å². The molecule has 0 N–H and O–H groups in total. The van der Waals surface area contributed by atoms with Gasteiger partial charge < -0.3 is 4.74 Å². The third-order valence-electron chi connectivity index (χ3n) is 4.68. The predicted octanol–water partition coefficient (Wildman–Crippen LogP) is 3.97. The van der Waals surface area contributed by atoms with Crippen LogP contribution in [0.4, 0.5) is 4.39 Å². The first-order valence-electron chi connectivity index (χ1n) is 8.19. The second-order valence-electron chi connectivity index (χ2n) is 6.35. The Bertz CT molecular complexity index is 796. The molecule has 4 heteroatoms. The van der Waals surface area contributed by atoms with Crippen molar-refractivity contribution >= 4 is 17.3 Å². The van der Waals surface area contributed by atoms with E-state index in [0.717, 1.165) is 5.56 Å². The minimum absolute atomic E-state index is 0.0196. The standard InChI is InChI=1S/C21H19FO3/c1-15(17-7-9-18(22)10-8-17)14-25-20(24)21(12-11-19(21)23)13-16-5-3-2-4-6-16/h2-10H,1,11-14H2.